The zero-order valence-electron chi connectivity index (χ0n) is 14.5. The van der Waals surface area contributed by atoms with Gasteiger partial charge < -0.3 is 10.2 Å². The first-order chi connectivity index (χ1) is 12.3. The molecule has 1 aromatic heterocycles. The molecule has 1 aromatic carbocycles. The monoisotopic (exact) mass is 337 g/mol. The van der Waals surface area contributed by atoms with Crippen molar-refractivity contribution in [3.05, 3.63) is 41.6 Å². The lowest BCUT2D eigenvalue weighted by atomic mass is 10.00. The van der Waals surface area contributed by atoms with Crippen molar-refractivity contribution in [3.63, 3.8) is 0 Å². The molecule has 1 fully saturated rings. The van der Waals surface area contributed by atoms with Crippen molar-refractivity contribution in [1.82, 2.24) is 15.2 Å². The molecule has 1 N–H and O–H groups in total. The van der Waals surface area contributed by atoms with E-state index in [1.165, 1.54) is 5.57 Å². The van der Waals surface area contributed by atoms with E-state index in [1.54, 1.807) is 0 Å². The Morgan fingerprint density at radius 1 is 1.12 bits per heavy atom. The molecule has 25 heavy (non-hydrogen) atoms. The summed E-state index contributed by atoms with van der Waals surface area (Å²) in [6.45, 7) is 6.11. The van der Waals surface area contributed by atoms with Crippen LogP contribution in [0.4, 0.5) is 5.82 Å². The van der Waals surface area contributed by atoms with Crippen LogP contribution in [0.3, 0.4) is 0 Å². The third-order valence-corrected chi connectivity index (χ3v) is 4.64. The third-order valence-electron chi connectivity index (χ3n) is 4.64. The smallest absolute Gasteiger partial charge is 0.170 e. The first-order valence-electron chi connectivity index (χ1n) is 8.84. The minimum atomic E-state index is 0.742. The zero-order chi connectivity index (χ0) is 17.1. The molecule has 130 valence electrons. The molecule has 0 unspecified atom stereocenters. The number of nitrogens with zero attached hydrogens (tertiary/aromatic N) is 4. The van der Waals surface area contributed by atoms with E-state index in [9.17, 15) is 0 Å². The van der Waals surface area contributed by atoms with Crippen LogP contribution in [-0.2, 0) is 11.2 Å². The lowest BCUT2D eigenvalue weighted by Gasteiger charge is -2.27. The number of dihydropyridines is 1. The molecule has 2 aliphatic heterocycles. The SMILES string of the molecule is CC1=NCCC(Cc2nnc(NN3CCOCC3)c3ccccc23)=C1. The second-order valence-electron chi connectivity index (χ2n) is 6.50. The molecule has 0 amide bonds. The number of aliphatic imine (C=N–C) groups is 1. The maximum atomic E-state index is 5.40. The Kier molecular flexibility index (Phi) is 4.72. The van der Waals surface area contributed by atoms with Crippen LogP contribution in [0, 0.1) is 0 Å². The number of ether oxygens (including phenoxy) is 1. The molecular weight excluding hydrogens is 314 g/mol. The predicted molar refractivity (Wildman–Crippen MR) is 99.9 cm³/mol. The van der Waals surface area contributed by atoms with Gasteiger partial charge in [-0.1, -0.05) is 29.8 Å². The van der Waals surface area contributed by atoms with E-state index in [4.69, 9.17) is 4.74 Å². The van der Waals surface area contributed by atoms with Crippen LogP contribution in [0.2, 0.25) is 0 Å². The summed E-state index contributed by atoms with van der Waals surface area (Å²) in [5.74, 6) is 0.816. The summed E-state index contributed by atoms with van der Waals surface area (Å²) in [6.07, 6.45) is 4.01. The molecule has 2 aromatic rings. The van der Waals surface area contributed by atoms with Gasteiger partial charge in [0.15, 0.2) is 5.82 Å². The Hall–Kier alpha value is -2.31. The molecule has 2 aliphatic rings. The highest BCUT2D eigenvalue weighted by Gasteiger charge is 2.15. The number of hydrazine groups is 1. The number of hydrogen-bond acceptors (Lipinski definition) is 6. The second-order valence-corrected chi connectivity index (χ2v) is 6.50. The fourth-order valence-electron chi connectivity index (χ4n) is 3.34. The van der Waals surface area contributed by atoms with E-state index in [-0.39, 0.29) is 0 Å². The first-order valence-corrected chi connectivity index (χ1v) is 8.84. The summed E-state index contributed by atoms with van der Waals surface area (Å²) in [7, 11) is 0. The average molecular weight is 337 g/mol. The summed E-state index contributed by atoms with van der Waals surface area (Å²) < 4.78 is 5.40. The van der Waals surface area contributed by atoms with Crippen LogP contribution >= 0.6 is 0 Å². The Bertz CT molecular complexity index is 824. The Labute approximate surface area is 147 Å². The second kappa shape index (κ2) is 7.29. The standard InChI is InChI=1S/C19H23N5O/c1-14-12-15(6-7-20-14)13-18-16-4-2-3-5-17(16)19(22-21-18)23-24-8-10-25-11-9-24/h2-5,12H,6-11,13H2,1H3,(H,22,23). The lowest BCUT2D eigenvalue weighted by molar-refractivity contribution is 0.0495. The Morgan fingerprint density at radius 2 is 1.92 bits per heavy atom. The van der Waals surface area contributed by atoms with Crippen LogP contribution < -0.4 is 5.43 Å². The zero-order valence-corrected chi connectivity index (χ0v) is 14.5. The molecule has 6 nitrogen and oxygen atoms in total. The van der Waals surface area contributed by atoms with Gasteiger partial charge in [0.05, 0.1) is 18.9 Å². The lowest BCUT2D eigenvalue weighted by Crippen LogP contribution is -2.40. The summed E-state index contributed by atoms with van der Waals surface area (Å²) in [6, 6.07) is 8.36. The number of rotatable bonds is 4. The van der Waals surface area contributed by atoms with Crippen LogP contribution in [0.5, 0.6) is 0 Å². The topological polar surface area (TPSA) is 62.6 Å². The average Bonchev–Trinajstić information content (AvgIpc) is 2.65. The van der Waals surface area contributed by atoms with Crippen molar-refractivity contribution in [1.29, 1.82) is 0 Å². The normalized spacial score (nSPS) is 18.8. The number of aromatic nitrogens is 2. The summed E-state index contributed by atoms with van der Waals surface area (Å²) in [5, 5.41) is 13.4. The molecule has 0 bridgehead atoms. The van der Waals surface area contributed by atoms with Crippen molar-refractivity contribution >= 4 is 22.3 Å². The van der Waals surface area contributed by atoms with Gasteiger partial charge in [-0.15, -0.1) is 5.10 Å². The molecular formula is C19H23N5O. The number of anilines is 1. The van der Waals surface area contributed by atoms with Gasteiger partial charge in [0, 0.05) is 42.5 Å². The van der Waals surface area contributed by atoms with Crippen LogP contribution in [-0.4, -0.2) is 53.8 Å². The minimum absolute atomic E-state index is 0.742. The molecule has 0 saturated carbocycles. The van der Waals surface area contributed by atoms with E-state index >= 15 is 0 Å². The fraction of sp³-hybridized carbons (Fsp3) is 0.421. The fourth-order valence-corrected chi connectivity index (χ4v) is 3.34. The van der Waals surface area contributed by atoms with Crippen LogP contribution in [0.1, 0.15) is 19.0 Å². The van der Waals surface area contributed by atoms with Gasteiger partial charge >= 0.3 is 0 Å². The first kappa shape index (κ1) is 16.2. The van der Waals surface area contributed by atoms with Crippen molar-refractivity contribution in [2.24, 2.45) is 4.99 Å². The number of benzene rings is 1. The minimum Gasteiger partial charge on any atom is -0.379 e. The number of allylic oxidation sites excluding steroid dienone is 1. The van der Waals surface area contributed by atoms with E-state index in [2.05, 4.69) is 62.9 Å². The largest absolute Gasteiger partial charge is 0.379 e. The summed E-state index contributed by atoms with van der Waals surface area (Å²) in [5.41, 5.74) is 6.92. The maximum Gasteiger partial charge on any atom is 0.170 e. The third kappa shape index (κ3) is 3.70. The molecule has 0 aliphatic carbocycles. The van der Waals surface area contributed by atoms with Crippen LogP contribution in [0.15, 0.2) is 40.9 Å². The van der Waals surface area contributed by atoms with Crippen molar-refractivity contribution in [2.75, 3.05) is 38.3 Å². The van der Waals surface area contributed by atoms with Crippen LogP contribution in [0.25, 0.3) is 10.8 Å². The van der Waals surface area contributed by atoms with Gasteiger partial charge in [-0.3, -0.25) is 4.99 Å². The molecule has 1 saturated heterocycles. The quantitative estimate of drug-likeness (QED) is 0.929. The molecule has 0 atom stereocenters. The van der Waals surface area contributed by atoms with Crippen molar-refractivity contribution < 1.29 is 4.74 Å². The molecule has 4 rings (SSSR count). The molecule has 0 radical (unpaired) electrons. The van der Waals surface area contributed by atoms with Crippen molar-refractivity contribution in [2.45, 2.75) is 19.8 Å². The van der Waals surface area contributed by atoms with Gasteiger partial charge in [0.25, 0.3) is 0 Å². The Morgan fingerprint density at radius 3 is 2.72 bits per heavy atom. The highest BCUT2D eigenvalue weighted by Crippen LogP contribution is 2.26. The Balaban J connectivity index is 1.63. The van der Waals surface area contributed by atoms with E-state index < -0.39 is 0 Å². The molecule has 3 heterocycles. The molecule has 0 spiro atoms. The number of fused-ring (bicyclic) bond motifs is 1. The van der Waals surface area contributed by atoms with Gasteiger partial charge in [-0.05, 0) is 19.4 Å². The van der Waals surface area contributed by atoms with E-state index in [0.29, 0.717) is 0 Å². The van der Waals surface area contributed by atoms with Crippen molar-refractivity contribution in [3.8, 4) is 0 Å². The predicted octanol–water partition coefficient (Wildman–Crippen LogP) is 2.62. The summed E-state index contributed by atoms with van der Waals surface area (Å²) in [4.78, 5) is 4.44. The van der Waals surface area contributed by atoms with E-state index in [1.807, 2.05) is 0 Å². The van der Waals surface area contributed by atoms with E-state index in [0.717, 1.165) is 73.7 Å². The van der Waals surface area contributed by atoms with Gasteiger partial charge in [0.2, 0.25) is 0 Å². The number of morpholine rings is 1. The van der Waals surface area contributed by atoms with Gasteiger partial charge in [-0.2, -0.15) is 5.10 Å². The van der Waals surface area contributed by atoms with Gasteiger partial charge in [0.1, 0.15) is 0 Å². The number of hydrogen-bond donors (Lipinski definition) is 1. The molecule has 6 heteroatoms. The van der Waals surface area contributed by atoms with Gasteiger partial charge in [-0.25, -0.2) is 5.01 Å². The number of nitrogens with one attached hydrogen (secondary N) is 1. The highest BCUT2D eigenvalue weighted by atomic mass is 16.5. The highest BCUT2D eigenvalue weighted by molar-refractivity contribution is 5.95. The maximum absolute atomic E-state index is 5.40. The summed E-state index contributed by atoms with van der Waals surface area (Å²) >= 11 is 0.